The number of hydrogen-bond donors (Lipinski definition) is 2. The van der Waals surface area contributed by atoms with Gasteiger partial charge in [0.25, 0.3) is 10.0 Å². The van der Waals surface area contributed by atoms with Crippen LogP contribution in [0.1, 0.15) is 6.92 Å². The minimum absolute atomic E-state index is 0.0758. The van der Waals surface area contributed by atoms with Crippen molar-refractivity contribution >= 4 is 44.6 Å². The number of hydrogen-bond acceptors (Lipinski definition) is 4. The number of amides is 1. The van der Waals surface area contributed by atoms with Crippen LogP contribution in [-0.4, -0.2) is 20.4 Å². The number of carbonyl (C=O) groups excluding carboxylic acids is 1. The minimum Gasteiger partial charge on any atom is -0.325 e. The molecular weight excluding hydrogens is 332 g/mol. The molecule has 0 bridgehead atoms. The summed E-state index contributed by atoms with van der Waals surface area (Å²) < 4.78 is 26.9. The van der Waals surface area contributed by atoms with Gasteiger partial charge in [-0.05, 0) is 31.2 Å². The van der Waals surface area contributed by atoms with Gasteiger partial charge in [0.15, 0.2) is 0 Å². The molecule has 0 saturated heterocycles. The third kappa shape index (κ3) is 4.28. The van der Waals surface area contributed by atoms with E-state index in [4.69, 9.17) is 11.6 Å². The second-order valence-electron chi connectivity index (χ2n) is 4.26. The molecule has 112 valence electrons. The fourth-order valence-electron chi connectivity index (χ4n) is 1.56. The molecule has 1 unspecified atom stereocenters. The zero-order valence-corrected chi connectivity index (χ0v) is 13.4. The maximum Gasteiger partial charge on any atom is 0.250 e. The summed E-state index contributed by atoms with van der Waals surface area (Å²) in [7, 11) is -3.75. The van der Waals surface area contributed by atoms with Gasteiger partial charge in [-0.25, -0.2) is 8.42 Å². The Bertz CT molecular complexity index is 729. The lowest BCUT2D eigenvalue weighted by Gasteiger charge is -2.13. The summed E-state index contributed by atoms with van der Waals surface area (Å²) in [5.74, 6) is -0.438. The molecule has 1 heterocycles. The van der Waals surface area contributed by atoms with Gasteiger partial charge in [0.1, 0.15) is 4.21 Å². The topological polar surface area (TPSA) is 75.3 Å². The van der Waals surface area contributed by atoms with Crippen LogP contribution in [-0.2, 0) is 14.8 Å². The highest BCUT2D eigenvalue weighted by Gasteiger charge is 2.23. The number of rotatable bonds is 5. The van der Waals surface area contributed by atoms with E-state index >= 15 is 0 Å². The van der Waals surface area contributed by atoms with Gasteiger partial charge in [-0.15, -0.1) is 11.3 Å². The van der Waals surface area contributed by atoms with Crippen molar-refractivity contribution in [2.75, 3.05) is 5.32 Å². The summed E-state index contributed by atoms with van der Waals surface area (Å²) >= 11 is 6.66. The number of para-hydroxylation sites is 1. The van der Waals surface area contributed by atoms with Crippen molar-refractivity contribution in [3.8, 4) is 0 Å². The van der Waals surface area contributed by atoms with Crippen molar-refractivity contribution in [3.63, 3.8) is 0 Å². The van der Waals surface area contributed by atoms with Crippen molar-refractivity contribution in [2.24, 2.45) is 0 Å². The summed E-state index contributed by atoms with van der Waals surface area (Å²) in [6.07, 6.45) is 0. The Labute approximate surface area is 132 Å². The Morgan fingerprint density at radius 1 is 1.19 bits per heavy atom. The van der Waals surface area contributed by atoms with Crippen molar-refractivity contribution in [1.82, 2.24) is 4.72 Å². The minimum atomic E-state index is -3.75. The first-order valence-electron chi connectivity index (χ1n) is 6.02. The fraction of sp³-hybridized carbons (Fsp3) is 0.154. The number of thiophene rings is 1. The van der Waals surface area contributed by atoms with E-state index in [1.165, 1.54) is 19.1 Å². The first kappa shape index (κ1) is 16.0. The number of sulfonamides is 1. The Hall–Kier alpha value is -1.41. The molecule has 0 fully saturated rings. The lowest BCUT2D eigenvalue weighted by atomic mass is 10.3. The molecule has 1 aromatic carbocycles. The molecule has 0 radical (unpaired) electrons. The standard InChI is InChI=1S/C13H13ClN2O3S2/c1-9(13(17)15-10-5-3-2-4-6-10)16-21(18,19)12-8-7-11(14)20-12/h2-9,16H,1H3,(H,15,17). The zero-order valence-electron chi connectivity index (χ0n) is 11.0. The highest BCUT2D eigenvalue weighted by molar-refractivity contribution is 7.91. The van der Waals surface area contributed by atoms with Gasteiger partial charge in [0, 0.05) is 5.69 Å². The average Bonchev–Trinajstić information content (AvgIpc) is 2.87. The van der Waals surface area contributed by atoms with Gasteiger partial charge in [-0.1, -0.05) is 29.8 Å². The first-order chi connectivity index (χ1) is 9.88. The van der Waals surface area contributed by atoms with Gasteiger partial charge >= 0.3 is 0 Å². The first-order valence-corrected chi connectivity index (χ1v) is 8.70. The molecule has 0 aliphatic carbocycles. The third-order valence-corrected chi connectivity index (χ3v) is 5.84. The molecular formula is C13H13ClN2O3S2. The zero-order chi connectivity index (χ0) is 15.5. The SMILES string of the molecule is CC(NS(=O)(=O)c1ccc(Cl)s1)C(=O)Nc1ccccc1. The average molecular weight is 345 g/mol. The summed E-state index contributed by atoms with van der Waals surface area (Å²) in [5, 5.41) is 2.63. The van der Waals surface area contributed by atoms with E-state index in [-0.39, 0.29) is 4.21 Å². The summed E-state index contributed by atoms with van der Waals surface area (Å²) in [6.45, 7) is 1.48. The van der Waals surface area contributed by atoms with Crippen LogP contribution in [0.3, 0.4) is 0 Å². The smallest absolute Gasteiger partial charge is 0.250 e. The van der Waals surface area contributed by atoms with Gasteiger partial charge in [-0.3, -0.25) is 4.79 Å². The van der Waals surface area contributed by atoms with E-state index in [2.05, 4.69) is 10.0 Å². The largest absolute Gasteiger partial charge is 0.325 e. The normalized spacial score (nSPS) is 12.9. The van der Waals surface area contributed by atoms with Crippen LogP contribution < -0.4 is 10.0 Å². The van der Waals surface area contributed by atoms with Crippen LogP contribution in [0.15, 0.2) is 46.7 Å². The predicted octanol–water partition coefficient (Wildman–Crippen LogP) is 2.71. The molecule has 2 aromatic rings. The molecule has 0 spiro atoms. The summed E-state index contributed by atoms with van der Waals surface area (Å²) in [5.41, 5.74) is 0.604. The van der Waals surface area contributed by atoms with E-state index in [1.54, 1.807) is 24.3 Å². The molecule has 1 aromatic heterocycles. The Kier molecular flexibility index (Phi) is 5.00. The number of carbonyl (C=O) groups is 1. The van der Waals surface area contributed by atoms with Crippen molar-refractivity contribution in [3.05, 3.63) is 46.8 Å². The highest BCUT2D eigenvalue weighted by Crippen LogP contribution is 2.25. The molecule has 0 aliphatic rings. The van der Waals surface area contributed by atoms with Crippen LogP contribution in [0.4, 0.5) is 5.69 Å². The number of anilines is 1. The van der Waals surface area contributed by atoms with Crippen LogP contribution in [0.2, 0.25) is 4.34 Å². The van der Waals surface area contributed by atoms with E-state index in [0.29, 0.717) is 10.0 Å². The van der Waals surface area contributed by atoms with E-state index in [9.17, 15) is 13.2 Å². The number of benzene rings is 1. The van der Waals surface area contributed by atoms with Crippen molar-refractivity contribution in [2.45, 2.75) is 17.2 Å². The summed E-state index contributed by atoms with van der Waals surface area (Å²) in [4.78, 5) is 12.0. The molecule has 2 N–H and O–H groups in total. The second kappa shape index (κ2) is 6.57. The Balaban J connectivity index is 2.04. The maximum absolute atomic E-state index is 12.1. The molecule has 21 heavy (non-hydrogen) atoms. The Morgan fingerprint density at radius 3 is 2.43 bits per heavy atom. The number of nitrogens with one attached hydrogen (secondary N) is 2. The summed E-state index contributed by atoms with van der Waals surface area (Å²) in [6, 6.07) is 10.8. The maximum atomic E-state index is 12.1. The van der Waals surface area contributed by atoms with Gasteiger partial charge < -0.3 is 5.32 Å². The van der Waals surface area contributed by atoms with Gasteiger partial charge in [0.05, 0.1) is 10.4 Å². The van der Waals surface area contributed by atoms with Crippen LogP contribution >= 0.6 is 22.9 Å². The molecule has 0 saturated carbocycles. The third-order valence-electron chi connectivity index (χ3n) is 2.58. The number of halogens is 1. The lowest BCUT2D eigenvalue weighted by Crippen LogP contribution is -2.41. The molecule has 8 heteroatoms. The molecule has 0 aliphatic heterocycles. The van der Waals surface area contributed by atoms with Gasteiger partial charge in [-0.2, -0.15) is 4.72 Å². The molecule has 1 atom stereocenters. The van der Waals surface area contributed by atoms with E-state index < -0.39 is 22.0 Å². The van der Waals surface area contributed by atoms with E-state index in [1.807, 2.05) is 6.07 Å². The quantitative estimate of drug-likeness (QED) is 0.875. The lowest BCUT2D eigenvalue weighted by molar-refractivity contribution is -0.117. The van der Waals surface area contributed by atoms with Gasteiger partial charge in [0.2, 0.25) is 5.91 Å². The van der Waals surface area contributed by atoms with Crippen molar-refractivity contribution < 1.29 is 13.2 Å². The monoisotopic (exact) mass is 344 g/mol. The van der Waals surface area contributed by atoms with Crippen molar-refractivity contribution in [1.29, 1.82) is 0 Å². The predicted molar refractivity (Wildman–Crippen MR) is 84.2 cm³/mol. The molecule has 5 nitrogen and oxygen atoms in total. The molecule has 2 rings (SSSR count). The van der Waals surface area contributed by atoms with Crippen LogP contribution in [0.25, 0.3) is 0 Å². The highest BCUT2D eigenvalue weighted by atomic mass is 35.5. The van der Waals surface area contributed by atoms with Crippen LogP contribution in [0, 0.1) is 0 Å². The Morgan fingerprint density at radius 2 is 1.86 bits per heavy atom. The fourth-order valence-corrected chi connectivity index (χ4v) is 4.26. The van der Waals surface area contributed by atoms with E-state index in [0.717, 1.165) is 11.3 Å². The van der Waals surface area contributed by atoms with Crippen LogP contribution in [0.5, 0.6) is 0 Å². The molecule has 1 amide bonds. The second-order valence-corrected chi connectivity index (χ2v) is 7.91.